The van der Waals surface area contributed by atoms with E-state index in [4.69, 9.17) is 11.6 Å². The van der Waals surface area contributed by atoms with Crippen molar-refractivity contribution in [3.63, 3.8) is 0 Å². The predicted molar refractivity (Wildman–Crippen MR) is 235 cm³/mol. The van der Waals surface area contributed by atoms with Gasteiger partial charge in [0, 0.05) is 52.5 Å². The quantitative estimate of drug-likeness (QED) is 0.0922. The van der Waals surface area contributed by atoms with Crippen molar-refractivity contribution < 1.29 is 43.5 Å². The van der Waals surface area contributed by atoms with Crippen molar-refractivity contribution in [2.24, 2.45) is 0 Å². The maximum atomic E-state index is 11.9. The van der Waals surface area contributed by atoms with E-state index in [-0.39, 0.29) is 30.0 Å². The minimum absolute atomic E-state index is 0.152. The van der Waals surface area contributed by atoms with Crippen LogP contribution in [0.25, 0.3) is 21.5 Å². The number of fused-ring (bicyclic) bond motifs is 6. The molecule has 59 heavy (non-hydrogen) atoms. The maximum Gasteiger partial charge on any atom is 0.294 e. The van der Waals surface area contributed by atoms with E-state index in [2.05, 4.69) is 48.8 Å². The molecule has 0 fully saturated rings. The molecule has 0 atom stereocenters. The van der Waals surface area contributed by atoms with E-state index in [0.29, 0.717) is 17.0 Å². The summed E-state index contributed by atoms with van der Waals surface area (Å²) in [7, 11) is -12.8. The Hall–Kier alpha value is -4.15. The first kappa shape index (κ1) is 43.0. The summed E-state index contributed by atoms with van der Waals surface area (Å²) < 4.78 is 102. The van der Waals surface area contributed by atoms with Gasteiger partial charge in [-0.05, 0) is 108 Å². The lowest BCUT2D eigenvalue weighted by Gasteiger charge is -2.27. The van der Waals surface area contributed by atoms with E-state index >= 15 is 0 Å². The molecule has 0 saturated heterocycles. The molecule has 0 bridgehead atoms. The molecular weight excluding hydrogens is 832 g/mol. The molecule has 1 aliphatic carbocycles. The fourth-order valence-corrected chi connectivity index (χ4v) is 10.9. The van der Waals surface area contributed by atoms with Gasteiger partial charge in [-0.15, -0.1) is 0 Å². The highest BCUT2D eigenvalue weighted by atomic mass is 35.5. The molecule has 312 valence electrons. The smallest absolute Gasteiger partial charge is 0.294 e. The lowest BCUT2D eigenvalue weighted by Crippen LogP contribution is -2.28. The Morgan fingerprint density at radius 2 is 1.42 bits per heavy atom. The Labute approximate surface area is 351 Å². The molecule has 2 heterocycles. The second-order valence-corrected chi connectivity index (χ2v) is 21.4. The van der Waals surface area contributed by atoms with Crippen molar-refractivity contribution in [1.82, 2.24) is 0 Å². The van der Waals surface area contributed by atoms with Crippen molar-refractivity contribution in [3.05, 3.63) is 124 Å². The van der Waals surface area contributed by atoms with Crippen molar-refractivity contribution in [3.8, 4) is 0 Å². The number of allylic oxidation sites excluding steroid dienone is 8. The highest BCUT2D eigenvalue weighted by Crippen LogP contribution is 2.51. The molecule has 2 aliphatic heterocycles. The van der Waals surface area contributed by atoms with E-state index in [1.54, 1.807) is 12.1 Å². The van der Waals surface area contributed by atoms with Crippen LogP contribution in [0, 0.1) is 0 Å². The zero-order chi connectivity index (χ0) is 42.7. The van der Waals surface area contributed by atoms with Crippen LogP contribution in [0.5, 0.6) is 0 Å². The Kier molecular flexibility index (Phi) is 11.4. The lowest BCUT2D eigenvalue weighted by molar-refractivity contribution is -0.437. The minimum atomic E-state index is -4.43. The average Bonchev–Trinajstić information content (AvgIpc) is 3.50. The van der Waals surface area contributed by atoms with Crippen LogP contribution in [0.4, 0.5) is 11.4 Å². The summed E-state index contributed by atoms with van der Waals surface area (Å²) in [5.41, 5.74) is 6.50. The molecule has 0 spiro atoms. The molecule has 0 radical (unpaired) electrons. The van der Waals surface area contributed by atoms with Crippen molar-refractivity contribution in [2.45, 2.75) is 75.5 Å². The number of hydrogen-bond donors (Lipinski definition) is 3. The standard InChI is InChI=1S/C44H47ClN2O9S3/c1-43(2)38(46(24-8-26-57(48,49)50)36-20-14-29-10-5-6-13-34(29)40(36)43)22-16-30-11-7-12-31(42(30)45)17-23-39-44(3,4)41-35-19-18-33(59(54,55)56)28-32(35)15-21-37(41)47(39)25-9-27-58(51,52)53/h5-6,10,13-23,28H,7-9,11-12,24-27H2,1-4H3,(H2-,48,49,50,51,52,53,54,55,56)/p+1. The molecule has 3 aliphatic rings. The zero-order valence-electron chi connectivity index (χ0n) is 33.3. The first-order valence-corrected chi connectivity index (χ1v) is 24.5. The van der Waals surface area contributed by atoms with E-state index < -0.39 is 46.9 Å². The summed E-state index contributed by atoms with van der Waals surface area (Å²) in [5, 5.41) is 4.25. The number of benzene rings is 4. The Morgan fingerprint density at radius 3 is 2.14 bits per heavy atom. The van der Waals surface area contributed by atoms with Crippen LogP contribution in [0.15, 0.2) is 118 Å². The summed E-state index contributed by atoms with van der Waals surface area (Å²) in [6.07, 6.45) is 10.8. The third-order valence-corrected chi connectivity index (χ3v) is 14.7. The van der Waals surface area contributed by atoms with Gasteiger partial charge in [-0.3, -0.25) is 13.7 Å². The topological polar surface area (TPSA) is 169 Å². The maximum absolute atomic E-state index is 11.9. The molecular formula is C44H48ClN2O9S3+. The van der Waals surface area contributed by atoms with Crippen LogP contribution in [0.3, 0.4) is 0 Å². The molecule has 4 aromatic rings. The van der Waals surface area contributed by atoms with Crippen LogP contribution in [0.2, 0.25) is 0 Å². The highest BCUT2D eigenvalue weighted by Gasteiger charge is 2.46. The SMILES string of the molecule is CC1(C)C(/C=C/C2=C(Cl)C(=C/C=C3/N(CCCS(=O)(=O)O)c4ccc5cc(S(=O)(=O)O)ccc5c4C3(C)C)/CCC2)=[N+](CCCS(=O)(=O)O)c2ccc3ccccc3c21. The van der Waals surface area contributed by atoms with Crippen LogP contribution < -0.4 is 4.90 Å². The summed E-state index contributed by atoms with van der Waals surface area (Å²) in [6, 6.07) is 20.5. The number of anilines is 1. The molecule has 0 amide bonds. The molecule has 4 aromatic carbocycles. The van der Waals surface area contributed by atoms with Gasteiger partial charge in [0.2, 0.25) is 5.69 Å². The Bertz CT molecular complexity index is 2910. The van der Waals surface area contributed by atoms with Crippen LogP contribution >= 0.6 is 11.6 Å². The van der Waals surface area contributed by atoms with Crippen molar-refractivity contribution in [1.29, 1.82) is 0 Å². The van der Waals surface area contributed by atoms with Crippen LogP contribution in [-0.2, 0) is 41.2 Å². The summed E-state index contributed by atoms with van der Waals surface area (Å²) in [4.78, 5) is 1.82. The fourth-order valence-electron chi connectivity index (χ4n) is 9.13. The van der Waals surface area contributed by atoms with Gasteiger partial charge in [0.1, 0.15) is 6.54 Å². The molecule has 0 aromatic heterocycles. The minimum Gasteiger partial charge on any atom is -0.344 e. The number of nitrogens with zero attached hydrogens (tertiary/aromatic N) is 2. The van der Waals surface area contributed by atoms with E-state index in [1.165, 1.54) is 12.1 Å². The molecule has 7 rings (SSSR count). The lowest BCUT2D eigenvalue weighted by atomic mass is 9.78. The number of halogens is 1. The van der Waals surface area contributed by atoms with Crippen molar-refractivity contribution in [2.75, 3.05) is 29.5 Å². The molecule has 0 unspecified atom stereocenters. The van der Waals surface area contributed by atoms with Gasteiger partial charge in [0.05, 0.1) is 21.8 Å². The predicted octanol–water partition coefficient (Wildman–Crippen LogP) is 9.01. The third kappa shape index (κ3) is 8.59. The van der Waals surface area contributed by atoms with E-state index in [1.807, 2.05) is 55.2 Å². The van der Waals surface area contributed by atoms with Gasteiger partial charge in [-0.1, -0.05) is 74.0 Å². The Balaban J connectivity index is 1.27. The fraction of sp³-hybridized carbons (Fsp3) is 0.341. The van der Waals surface area contributed by atoms with Crippen molar-refractivity contribution >= 4 is 80.6 Å². The molecule has 0 saturated carbocycles. The van der Waals surface area contributed by atoms with E-state index in [0.717, 1.165) is 80.5 Å². The first-order valence-electron chi connectivity index (χ1n) is 19.5. The zero-order valence-corrected chi connectivity index (χ0v) is 36.5. The van der Waals surface area contributed by atoms with Crippen LogP contribution in [-0.4, -0.2) is 73.8 Å². The van der Waals surface area contributed by atoms with Gasteiger partial charge >= 0.3 is 0 Å². The third-order valence-electron chi connectivity index (χ3n) is 11.8. The second kappa shape index (κ2) is 15.7. The number of rotatable bonds is 12. The van der Waals surface area contributed by atoms with Gasteiger partial charge in [0.15, 0.2) is 5.71 Å². The average molecular weight is 881 g/mol. The van der Waals surface area contributed by atoms with Gasteiger partial charge in [0.25, 0.3) is 30.4 Å². The monoisotopic (exact) mass is 879 g/mol. The van der Waals surface area contributed by atoms with Crippen LogP contribution in [0.1, 0.15) is 70.9 Å². The summed E-state index contributed by atoms with van der Waals surface area (Å²) in [6.45, 7) is 9.08. The van der Waals surface area contributed by atoms with Gasteiger partial charge in [-0.25, -0.2) is 0 Å². The Morgan fingerprint density at radius 1 is 0.746 bits per heavy atom. The van der Waals surface area contributed by atoms with Gasteiger partial charge < -0.3 is 4.90 Å². The summed E-state index contributed by atoms with van der Waals surface area (Å²) in [5.74, 6) is -0.770. The first-order chi connectivity index (χ1) is 27.6. The molecule has 15 heteroatoms. The van der Waals surface area contributed by atoms with Gasteiger partial charge in [-0.2, -0.15) is 29.8 Å². The normalized spacial score (nSPS) is 19.6. The highest BCUT2D eigenvalue weighted by molar-refractivity contribution is 7.86. The molecule has 11 nitrogen and oxygen atoms in total. The number of hydrogen-bond acceptors (Lipinski definition) is 7. The largest absolute Gasteiger partial charge is 0.344 e. The molecule has 3 N–H and O–H groups in total. The van der Waals surface area contributed by atoms with E-state index in [9.17, 15) is 38.9 Å². The summed E-state index contributed by atoms with van der Waals surface area (Å²) >= 11 is 7.22. The second-order valence-electron chi connectivity index (χ2n) is 16.5.